The van der Waals surface area contributed by atoms with E-state index in [4.69, 9.17) is 4.74 Å². The summed E-state index contributed by atoms with van der Waals surface area (Å²) >= 11 is 0. The third kappa shape index (κ3) is 2.38. The Morgan fingerprint density at radius 3 is 2.56 bits per heavy atom. The Kier molecular flexibility index (Phi) is 4.74. The average molecular weight is 229 g/mol. The number of hydrogen-bond acceptors (Lipinski definition) is 3. The first-order valence-electron chi connectivity index (χ1n) is 6.12. The van der Waals surface area contributed by atoms with Crippen LogP contribution in [0.5, 0.6) is 0 Å². The molecule has 1 aliphatic carbocycles. The predicted molar refractivity (Wildman–Crippen MR) is 62.6 cm³/mol. The number of carboxylic acid groups (broad SMARTS) is 1. The Morgan fingerprint density at radius 1 is 1.50 bits per heavy atom. The highest BCUT2D eigenvalue weighted by Crippen LogP contribution is 2.35. The van der Waals surface area contributed by atoms with Crippen LogP contribution in [0.4, 0.5) is 0 Å². The van der Waals surface area contributed by atoms with Crippen molar-refractivity contribution in [1.82, 2.24) is 4.90 Å². The Balaban J connectivity index is 2.90. The Bertz CT molecular complexity index is 240. The first-order chi connectivity index (χ1) is 7.60. The molecule has 0 aromatic rings. The number of ether oxygens (including phenoxy) is 1. The maximum atomic E-state index is 11.6. The molecular weight excluding hydrogens is 206 g/mol. The topological polar surface area (TPSA) is 49.8 Å². The van der Waals surface area contributed by atoms with Crippen molar-refractivity contribution in [1.29, 1.82) is 0 Å². The summed E-state index contributed by atoms with van der Waals surface area (Å²) in [6.07, 6.45) is 3.35. The third-order valence-corrected chi connectivity index (χ3v) is 3.78. The monoisotopic (exact) mass is 229 g/mol. The summed E-state index contributed by atoms with van der Waals surface area (Å²) in [5, 5.41) is 9.54. The Morgan fingerprint density at radius 2 is 2.12 bits per heavy atom. The van der Waals surface area contributed by atoms with Crippen molar-refractivity contribution in [3.63, 3.8) is 0 Å². The second-order valence-corrected chi connectivity index (χ2v) is 4.46. The molecule has 0 aromatic carbocycles. The summed E-state index contributed by atoms with van der Waals surface area (Å²) in [6.45, 7) is 5.59. The molecule has 0 spiro atoms. The molecule has 1 N–H and O–H groups in total. The second-order valence-electron chi connectivity index (χ2n) is 4.46. The van der Waals surface area contributed by atoms with Crippen LogP contribution in [-0.2, 0) is 9.53 Å². The highest BCUT2D eigenvalue weighted by atomic mass is 16.5. The third-order valence-electron chi connectivity index (χ3n) is 3.78. The zero-order chi connectivity index (χ0) is 12.2. The van der Waals surface area contributed by atoms with Crippen LogP contribution >= 0.6 is 0 Å². The first-order valence-corrected chi connectivity index (χ1v) is 6.12. The Hall–Kier alpha value is -0.610. The lowest BCUT2D eigenvalue weighted by Crippen LogP contribution is -2.58. The number of carboxylic acids is 1. The minimum atomic E-state index is -0.706. The standard InChI is InChI=1S/C12H23NO3/c1-4-13(5-2)12(11(14)15)8-6-7-10(9-12)16-3/h10H,4-9H2,1-3H3,(H,14,15). The molecule has 4 heteroatoms. The van der Waals surface area contributed by atoms with E-state index in [1.54, 1.807) is 7.11 Å². The van der Waals surface area contributed by atoms with E-state index >= 15 is 0 Å². The van der Waals surface area contributed by atoms with Crippen LogP contribution in [0.25, 0.3) is 0 Å². The maximum Gasteiger partial charge on any atom is 0.324 e. The van der Waals surface area contributed by atoms with Crippen LogP contribution in [0, 0.1) is 0 Å². The van der Waals surface area contributed by atoms with Gasteiger partial charge in [0.15, 0.2) is 0 Å². The molecule has 94 valence electrons. The Labute approximate surface area is 97.6 Å². The van der Waals surface area contributed by atoms with Gasteiger partial charge in [0.1, 0.15) is 5.54 Å². The molecule has 2 atom stereocenters. The quantitative estimate of drug-likeness (QED) is 0.780. The van der Waals surface area contributed by atoms with Crippen LogP contribution in [-0.4, -0.2) is 47.8 Å². The van der Waals surface area contributed by atoms with Crippen molar-refractivity contribution in [2.75, 3.05) is 20.2 Å². The summed E-state index contributed by atoms with van der Waals surface area (Å²) in [6, 6.07) is 0. The van der Waals surface area contributed by atoms with Gasteiger partial charge in [0.05, 0.1) is 6.10 Å². The molecule has 0 amide bonds. The second kappa shape index (κ2) is 5.64. The highest BCUT2D eigenvalue weighted by Gasteiger charge is 2.46. The van der Waals surface area contributed by atoms with Gasteiger partial charge in [-0.15, -0.1) is 0 Å². The summed E-state index contributed by atoms with van der Waals surface area (Å²) in [7, 11) is 1.67. The molecule has 0 bridgehead atoms. The van der Waals surface area contributed by atoms with Gasteiger partial charge < -0.3 is 9.84 Å². The lowest BCUT2D eigenvalue weighted by Gasteiger charge is -2.44. The van der Waals surface area contributed by atoms with Gasteiger partial charge in [-0.25, -0.2) is 0 Å². The van der Waals surface area contributed by atoms with Crippen LogP contribution in [0.15, 0.2) is 0 Å². The van der Waals surface area contributed by atoms with Gasteiger partial charge in [-0.05, 0) is 32.4 Å². The van der Waals surface area contributed by atoms with E-state index in [-0.39, 0.29) is 6.10 Å². The fraction of sp³-hybridized carbons (Fsp3) is 0.917. The molecule has 16 heavy (non-hydrogen) atoms. The van der Waals surface area contributed by atoms with Crippen molar-refractivity contribution < 1.29 is 14.6 Å². The van der Waals surface area contributed by atoms with Gasteiger partial charge in [0.2, 0.25) is 0 Å². The molecule has 2 unspecified atom stereocenters. The number of aliphatic carboxylic acids is 1. The molecule has 0 aliphatic heterocycles. The SMILES string of the molecule is CCN(CC)C1(C(=O)O)CCCC(OC)C1. The zero-order valence-corrected chi connectivity index (χ0v) is 10.5. The average Bonchev–Trinajstić information content (AvgIpc) is 2.30. The lowest BCUT2D eigenvalue weighted by atomic mass is 9.78. The number of carbonyl (C=O) groups is 1. The number of rotatable bonds is 5. The molecule has 0 heterocycles. The molecule has 1 aliphatic rings. The number of hydrogen-bond donors (Lipinski definition) is 1. The van der Waals surface area contributed by atoms with E-state index in [2.05, 4.69) is 4.90 Å². The van der Waals surface area contributed by atoms with Gasteiger partial charge in [0, 0.05) is 13.5 Å². The van der Waals surface area contributed by atoms with Crippen molar-refractivity contribution in [2.45, 2.75) is 51.2 Å². The van der Waals surface area contributed by atoms with E-state index in [1.165, 1.54) is 0 Å². The number of nitrogens with zero attached hydrogens (tertiary/aromatic N) is 1. The van der Waals surface area contributed by atoms with Crippen LogP contribution in [0.2, 0.25) is 0 Å². The fourth-order valence-corrected chi connectivity index (χ4v) is 2.85. The van der Waals surface area contributed by atoms with Gasteiger partial charge in [0.25, 0.3) is 0 Å². The van der Waals surface area contributed by atoms with Crippen molar-refractivity contribution in [3.8, 4) is 0 Å². The predicted octanol–water partition coefficient (Wildman–Crippen LogP) is 1.74. The van der Waals surface area contributed by atoms with Gasteiger partial charge in [-0.3, -0.25) is 9.69 Å². The molecular formula is C12H23NO3. The highest BCUT2D eigenvalue weighted by molar-refractivity contribution is 5.79. The summed E-state index contributed by atoms with van der Waals surface area (Å²) < 4.78 is 5.35. The summed E-state index contributed by atoms with van der Waals surface area (Å²) in [4.78, 5) is 13.7. The minimum Gasteiger partial charge on any atom is -0.480 e. The molecule has 0 radical (unpaired) electrons. The maximum absolute atomic E-state index is 11.6. The van der Waals surface area contributed by atoms with Crippen LogP contribution in [0.3, 0.4) is 0 Å². The molecule has 0 saturated heterocycles. The number of likely N-dealkylation sites (N-methyl/N-ethyl adjacent to an activating group) is 1. The van der Waals surface area contributed by atoms with Gasteiger partial charge in [-0.1, -0.05) is 13.8 Å². The molecule has 1 rings (SSSR count). The van der Waals surface area contributed by atoms with Gasteiger partial charge in [-0.2, -0.15) is 0 Å². The largest absolute Gasteiger partial charge is 0.480 e. The molecule has 0 aromatic heterocycles. The summed E-state index contributed by atoms with van der Waals surface area (Å²) in [5.74, 6) is -0.696. The van der Waals surface area contributed by atoms with E-state index < -0.39 is 11.5 Å². The van der Waals surface area contributed by atoms with E-state index in [0.717, 1.165) is 32.4 Å². The van der Waals surface area contributed by atoms with Gasteiger partial charge >= 0.3 is 5.97 Å². The smallest absolute Gasteiger partial charge is 0.324 e. The zero-order valence-electron chi connectivity index (χ0n) is 10.5. The molecule has 4 nitrogen and oxygen atoms in total. The normalized spacial score (nSPS) is 30.6. The van der Waals surface area contributed by atoms with Crippen LogP contribution < -0.4 is 0 Å². The first kappa shape index (κ1) is 13.5. The van der Waals surface area contributed by atoms with E-state index in [1.807, 2.05) is 13.8 Å². The number of methoxy groups -OCH3 is 1. The van der Waals surface area contributed by atoms with E-state index in [9.17, 15) is 9.90 Å². The van der Waals surface area contributed by atoms with Crippen molar-refractivity contribution in [3.05, 3.63) is 0 Å². The van der Waals surface area contributed by atoms with Crippen LogP contribution in [0.1, 0.15) is 39.5 Å². The lowest BCUT2D eigenvalue weighted by molar-refractivity contribution is -0.157. The van der Waals surface area contributed by atoms with E-state index in [0.29, 0.717) is 6.42 Å². The summed E-state index contributed by atoms with van der Waals surface area (Å²) in [5.41, 5.74) is -0.706. The molecule has 1 saturated carbocycles. The minimum absolute atomic E-state index is 0.0884. The fourth-order valence-electron chi connectivity index (χ4n) is 2.85. The van der Waals surface area contributed by atoms with Crippen molar-refractivity contribution in [2.24, 2.45) is 0 Å². The molecule has 1 fully saturated rings. The van der Waals surface area contributed by atoms with Crippen molar-refractivity contribution >= 4 is 5.97 Å².